The van der Waals surface area contributed by atoms with Gasteiger partial charge in [0.15, 0.2) is 12.4 Å². The maximum absolute atomic E-state index is 13.6. The van der Waals surface area contributed by atoms with Gasteiger partial charge in [-0.2, -0.15) is 9.78 Å². The molecule has 44 heavy (non-hydrogen) atoms. The first-order chi connectivity index (χ1) is 21.3. The number of para-hydroxylation sites is 2. The van der Waals surface area contributed by atoms with Crippen LogP contribution in [-0.2, 0) is 4.79 Å². The van der Waals surface area contributed by atoms with Gasteiger partial charge in [-0.05, 0) is 66.7 Å². The summed E-state index contributed by atoms with van der Waals surface area (Å²) in [7, 11) is 0. The van der Waals surface area contributed by atoms with Crippen molar-refractivity contribution in [3.63, 3.8) is 0 Å². The molecular weight excluding hydrogens is 637 g/mol. The predicted octanol–water partition coefficient (Wildman–Crippen LogP) is 6.52. The maximum atomic E-state index is 13.6. The molecule has 0 unspecified atom stereocenters. The quantitative estimate of drug-likeness (QED) is 0.112. The van der Waals surface area contributed by atoms with E-state index in [1.54, 1.807) is 36.4 Å². The Kier molecular flexibility index (Phi) is 7.69. The first-order valence-electron chi connectivity index (χ1n) is 13.0. The second-order valence-corrected chi connectivity index (χ2v) is 10.3. The molecule has 1 N–H and O–H groups in total. The molecule has 2 aromatic heterocycles. The van der Waals surface area contributed by atoms with Crippen LogP contribution < -0.4 is 15.6 Å². The van der Waals surface area contributed by atoms with Crippen LogP contribution in [0.4, 0.5) is 15.8 Å². The van der Waals surface area contributed by atoms with Crippen LogP contribution in [-0.4, -0.2) is 33.3 Å². The Morgan fingerprint density at radius 1 is 1.09 bits per heavy atom. The fraction of sp³-hybridized carbons (Fsp3) is 0.0323. The van der Waals surface area contributed by atoms with E-state index < -0.39 is 34.5 Å². The summed E-state index contributed by atoms with van der Waals surface area (Å²) in [6, 6.07) is 23.1. The molecule has 218 valence electrons. The van der Waals surface area contributed by atoms with Crippen molar-refractivity contribution in [2.75, 3.05) is 11.9 Å². The van der Waals surface area contributed by atoms with E-state index in [9.17, 15) is 24.1 Å². The van der Waals surface area contributed by atoms with E-state index in [0.717, 1.165) is 14.5 Å². The number of amides is 1. The van der Waals surface area contributed by atoms with Crippen molar-refractivity contribution >= 4 is 61.3 Å². The molecule has 0 saturated carbocycles. The normalized spacial score (nSPS) is 11.3. The van der Waals surface area contributed by atoms with Gasteiger partial charge in [-0.3, -0.25) is 19.7 Å². The molecule has 0 atom stereocenters. The number of furan rings is 1. The molecule has 1 amide bonds. The SMILES string of the molecule is O=C(COc1c(C=Nn2c(-c3cc4cc(Br)ccc4o3)nc3ccccc3c2=O)cccc1[N+](=O)[O-])Nc1ccc(F)cc1. The Morgan fingerprint density at radius 2 is 1.89 bits per heavy atom. The van der Waals surface area contributed by atoms with Gasteiger partial charge in [0.1, 0.15) is 11.4 Å². The number of rotatable bonds is 8. The summed E-state index contributed by atoms with van der Waals surface area (Å²) in [6.07, 6.45) is 1.21. The molecule has 0 aliphatic carbocycles. The molecule has 0 spiro atoms. The van der Waals surface area contributed by atoms with Gasteiger partial charge in [-0.15, -0.1) is 0 Å². The molecule has 0 radical (unpaired) electrons. The number of nitro benzene ring substituents is 1. The number of carbonyl (C=O) groups is 1. The second kappa shape index (κ2) is 11.9. The highest BCUT2D eigenvalue weighted by atomic mass is 79.9. The van der Waals surface area contributed by atoms with E-state index in [0.29, 0.717) is 22.2 Å². The second-order valence-electron chi connectivity index (χ2n) is 9.40. The average Bonchev–Trinajstić information content (AvgIpc) is 3.44. The van der Waals surface area contributed by atoms with Gasteiger partial charge in [0.05, 0.1) is 22.0 Å². The van der Waals surface area contributed by atoms with Crippen LogP contribution in [0.5, 0.6) is 5.75 Å². The number of nitrogens with zero attached hydrogens (tertiary/aromatic N) is 4. The van der Waals surface area contributed by atoms with Crippen molar-refractivity contribution in [3.05, 3.63) is 127 Å². The number of ether oxygens (including phenoxy) is 1. The molecular formula is C31H19BrFN5O6. The molecule has 0 aliphatic heterocycles. The first kappa shape index (κ1) is 28.4. The minimum Gasteiger partial charge on any atom is -0.476 e. The van der Waals surface area contributed by atoms with Gasteiger partial charge in [0.2, 0.25) is 11.6 Å². The zero-order valence-electron chi connectivity index (χ0n) is 22.4. The average molecular weight is 656 g/mol. The summed E-state index contributed by atoms with van der Waals surface area (Å²) in [4.78, 5) is 41.9. The van der Waals surface area contributed by atoms with Crippen LogP contribution in [0.1, 0.15) is 5.56 Å². The summed E-state index contributed by atoms with van der Waals surface area (Å²) in [6.45, 7) is -0.597. The van der Waals surface area contributed by atoms with Crippen molar-refractivity contribution in [3.8, 4) is 17.3 Å². The number of nitro groups is 1. The lowest BCUT2D eigenvalue weighted by molar-refractivity contribution is -0.385. The van der Waals surface area contributed by atoms with Crippen LogP contribution in [0.15, 0.2) is 110 Å². The molecule has 0 bridgehead atoms. The number of halogens is 2. The fourth-order valence-corrected chi connectivity index (χ4v) is 4.83. The van der Waals surface area contributed by atoms with Gasteiger partial charge in [-0.1, -0.05) is 34.1 Å². The van der Waals surface area contributed by atoms with Crippen LogP contribution in [0.25, 0.3) is 33.5 Å². The number of hydrogen-bond acceptors (Lipinski definition) is 8. The number of nitrogens with one attached hydrogen (secondary N) is 1. The van der Waals surface area contributed by atoms with Crippen molar-refractivity contribution in [2.24, 2.45) is 5.10 Å². The monoisotopic (exact) mass is 655 g/mol. The topological polar surface area (TPSA) is 142 Å². The van der Waals surface area contributed by atoms with Crippen molar-refractivity contribution in [1.82, 2.24) is 9.66 Å². The Hall–Kier alpha value is -5.69. The molecule has 6 aromatic rings. The number of anilines is 1. The number of hydrogen-bond donors (Lipinski definition) is 1. The van der Waals surface area contributed by atoms with Crippen LogP contribution in [0, 0.1) is 15.9 Å². The van der Waals surface area contributed by atoms with Crippen LogP contribution in [0.2, 0.25) is 0 Å². The zero-order valence-corrected chi connectivity index (χ0v) is 24.0. The largest absolute Gasteiger partial charge is 0.476 e. The first-order valence-corrected chi connectivity index (χ1v) is 13.8. The summed E-state index contributed by atoms with van der Waals surface area (Å²) >= 11 is 3.44. The van der Waals surface area contributed by atoms with E-state index in [2.05, 4.69) is 31.3 Å². The van der Waals surface area contributed by atoms with Crippen LogP contribution in [0.3, 0.4) is 0 Å². The highest BCUT2D eigenvalue weighted by Gasteiger charge is 2.21. The van der Waals surface area contributed by atoms with Gasteiger partial charge >= 0.3 is 5.69 Å². The zero-order chi connectivity index (χ0) is 30.8. The van der Waals surface area contributed by atoms with Crippen molar-refractivity contribution in [1.29, 1.82) is 0 Å². The van der Waals surface area contributed by atoms with E-state index >= 15 is 0 Å². The lowest BCUT2D eigenvalue weighted by atomic mass is 10.2. The molecule has 13 heteroatoms. The summed E-state index contributed by atoms with van der Waals surface area (Å²) in [5.41, 5.74) is 0.499. The minimum atomic E-state index is -0.660. The van der Waals surface area contributed by atoms with E-state index in [-0.39, 0.29) is 22.9 Å². The maximum Gasteiger partial charge on any atom is 0.311 e. The molecule has 0 aliphatic rings. The van der Waals surface area contributed by atoms with E-state index in [1.807, 2.05) is 12.1 Å². The molecule has 0 saturated heterocycles. The molecule has 6 rings (SSSR count). The summed E-state index contributed by atoms with van der Waals surface area (Å²) in [5, 5.41) is 19.8. The Balaban J connectivity index is 1.39. The standard InChI is InChI=1S/C31H19BrFN5O6/c32-20-8-13-26-19(14-20)15-27(44-26)30-36-24-6-2-1-5-23(24)31(40)37(30)34-16-18-4-3-7-25(38(41)42)29(18)43-17-28(39)35-22-11-9-21(33)10-12-22/h1-16H,17H2,(H,35,39). The lowest BCUT2D eigenvalue weighted by Gasteiger charge is -2.11. The number of fused-ring (bicyclic) bond motifs is 2. The smallest absolute Gasteiger partial charge is 0.311 e. The lowest BCUT2D eigenvalue weighted by Crippen LogP contribution is -2.21. The van der Waals surface area contributed by atoms with Gasteiger partial charge in [0, 0.05) is 27.2 Å². The van der Waals surface area contributed by atoms with Gasteiger partial charge in [-0.25, -0.2) is 9.37 Å². The number of benzene rings is 4. The molecule has 0 fully saturated rings. The van der Waals surface area contributed by atoms with Crippen LogP contribution >= 0.6 is 15.9 Å². The Bertz CT molecular complexity index is 2160. The molecule has 2 heterocycles. The number of carbonyl (C=O) groups excluding carboxylic acids is 1. The Labute approximate surface area is 255 Å². The third-order valence-corrected chi connectivity index (χ3v) is 6.96. The van der Waals surface area contributed by atoms with E-state index in [4.69, 9.17) is 9.15 Å². The minimum absolute atomic E-state index is 0.101. The van der Waals surface area contributed by atoms with Gasteiger partial charge < -0.3 is 14.5 Å². The summed E-state index contributed by atoms with van der Waals surface area (Å²) in [5.74, 6) is -0.978. The predicted molar refractivity (Wildman–Crippen MR) is 166 cm³/mol. The van der Waals surface area contributed by atoms with Crippen molar-refractivity contribution in [2.45, 2.75) is 0 Å². The Morgan fingerprint density at radius 3 is 2.68 bits per heavy atom. The summed E-state index contributed by atoms with van der Waals surface area (Å²) < 4.78 is 26.7. The molecule has 4 aromatic carbocycles. The van der Waals surface area contributed by atoms with Gasteiger partial charge in [0.25, 0.3) is 11.5 Å². The van der Waals surface area contributed by atoms with Crippen molar-refractivity contribution < 1.29 is 23.3 Å². The third-order valence-electron chi connectivity index (χ3n) is 6.46. The highest BCUT2D eigenvalue weighted by molar-refractivity contribution is 9.10. The fourth-order valence-electron chi connectivity index (χ4n) is 4.45. The highest BCUT2D eigenvalue weighted by Crippen LogP contribution is 2.31. The van der Waals surface area contributed by atoms with E-state index in [1.165, 1.54) is 48.7 Å². The molecule has 11 nitrogen and oxygen atoms in total. The third kappa shape index (κ3) is 5.80. The number of aromatic nitrogens is 2.